The van der Waals surface area contributed by atoms with Gasteiger partial charge in [0.1, 0.15) is 6.61 Å². The monoisotopic (exact) mass is 461 g/mol. The van der Waals surface area contributed by atoms with E-state index in [9.17, 15) is 9.59 Å². The van der Waals surface area contributed by atoms with Gasteiger partial charge in [0.25, 0.3) is 5.91 Å². The number of rotatable bonds is 9. The summed E-state index contributed by atoms with van der Waals surface area (Å²) >= 11 is 0. The summed E-state index contributed by atoms with van der Waals surface area (Å²) in [6.07, 6.45) is 2.04. The smallest absolute Gasteiger partial charge is 0.319 e. The number of carbonyl (C=O) groups excluding carboxylic acids is 2. The number of hydrogen-bond donors (Lipinski definition) is 3. The van der Waals surface area contributed by atoms with Crippen molar-refractivity contribution in [2.75, 3.05) is 24.9 Å². The number of amides is 3. The van der Waals surface area contributed by atoms with Crippen LogP contribution in [0.5, 0.6) is 17.2 Å². The zero-order valence-corrected chi connectivity index (χ0v) is 19.1. The quantitative estimate of drug-likeness (QED) is 0.425. The number of hydrogen-bond acceptors (Lipinski definition) is 5. The molecule has 176 valence electrons. The van der Waals surface area contributed by atoms with Gasteiger partial charge in [-0.05, 0) is 54.8 Å². The predicted octanol–water partition coefficient (Wildman–Crippen LogP) is 4.82. The molecule has 0 bridgehead atoms. The number of anilines is 2. The minimum absolute atomic E-state index is 0.229. The first-order valence-corrected chi connectivity index (χ1v) is 11.0. The van der Waals surface area contributed by atoms with Gasteiger partial charge in [-0.1, -0.05) is 30.3 Å². The van der Waals surface area contributed by atoms with Crippen LogP contribution < -0.4 is 30.2 Å². The molecule has 0 aliphatic heterocycles. The Morgan fingerprint density at radius 3 is 2.00 bits per heavy atom. The Labute approximate surface area is 198 Å². The maximum atomic E-state index is 12.9. The standard InChI is InChI=1S/C26H27N3O5/c1-32-22-14-18(15-23(33-2)24(22)34-16-17-6-4-3-5-7-17)25(30)27-19-8-10-20(11-9-19)28-26(31)29-21-12-13-21/h3-11,14-15,21H,12-13,16H2,1-2H3,(H,27,30)(H2,28,29,31). The molecule has 0 aromatic heterocycles. The van der Waals surface area contributed by atoms with Gasteiger partial charge in [0.2, 0.25) is 5.75 Å². The highest BCUT2D eigenvalue weighted by atomic mass is 16.5. The fourth-order valence-electron chi connectivity index (χ4n) is 3.30. The largest absolute Gasteiger partial charge is 0.493 e. The lowest BCUT2D eigenvalue weighted by Crippen LogP contribution is -2.30. The van der Waals surface area contributed by atoms with Crippen LogP contribution in [0.25, 0.3) is 0 Å². The molecular weight excluding hydrogens is 434 g/mol. The molecule has 1 saturated carbocycles. The zero-order valence-electron chi connectivity index (χ0n) is 19.1. The molecule has 1 fully saturated rings. The second-order valence-corrected chi connectivity index (χ2v) is 7.89. The molecule has 1 aliphatic rings. The molecule has 0 spiro atoms. The summed E-state index contributed by atoms with van der Waals surface area (Å²) in [5.74, 6) is 0.868. The zero-order chi connectivity index (χ0) is 23.9. The first kappa shape index (κ1) is 23.0. The lowest BCUT2D eigenvalue weighted by Gasteiger charge is -2.16. The molecule has 3 aromatic carbocycles. The summed E-state index contributed by atoms with van der Waals surface area (Å²) in [6.45, 7) is 0.332. The molecule has 3 amide bonds. The highest BCUT2D eigenvalue weighted by Crippen LogP contribution is 2.39. The van der Waals surface area contributed by atoms with Crippen molar-refractivity contribution in [1.82, 2.24) is 5.32 Å². The normalized spacial score (nSPS) is 12.4. The molecule has 3 aromatic rings. The predicted molar refractivity (Wildman–Crippen MR) is 130 cm³/mol. The fourth-order valence-corrected chi connectivity index (χ4v) is 3.30. The van der Waals surface area contributed by atoms with Gasteiger partial charge in [0.15, 0.2) is 11.5 Å². The maximum absolute atomic E-state index is 12.9. The Balaban J connectivity index is 1.43. The second kappa shape index (κ2) is 10.6. The second-order valence-electron chi connectivity index (χ2n) is 7.89. The molecular formula is C26H27N3O5. The SMILES string of the molecule is COc1cc(C(=O)Nc2ccc(NC(=O)NC3CC3)cc2)cc(OC)c1OCc1ccccc1. The number of carbonyl (C=O) groups is 2. The third-order valence-electron chi connectivity index (χ3n) is 5.26. The first-order valence-electron chi connectivity index (χ1n) is 11.0. The number of methoxy groups -OCH3 is 2. The van der Waals surface area contributed by atoms with Crippen LogP contribution in [0, 0.1) is 0 Å². The van der Waals surface area contributed by atoms with Gasteiger partial charge in [0.05, 0.1) is 14.2 Å². The lowest BCUT2D eigenvalue weighted by atomic mass is 10.1. The van der Waals surface area contributed by atoms with Gasteiger partial charge >= 0.3 is 6.03 Å². The van der Waals surface area contributed by atoms with Crippen molar-refractivity contribution >= 4 is 23.3 Å². The van der Waals surface area contributed by atoms with E-state index < -0.39 is 0 Å². The summed E-state index contributed by atoms with van der Waals surface area (Å²) in [5, 5.41) is 8.48. The molecule has 3 N–H and O–H groups in total. The Morgan fingerprint density at radius 2 is 1.44 bits per heavy atom. The van der Waals surface area contributed by atoms with Gasteiger partial charge in [-0.25, -0.2) is 4.79 Å². The van der Waals surface area contributed by atoms with E-state index >= 15 is 0 Å². The summed E-state index contributed by atoms with van der Waals surface area (Å²) in [6, 6.07) is 19.9. The summed E-state index contributed by atoms with van der Waals surface area (Å²) in [7, 11) is 3.02. The van der Waals surface area contributed by atoms with E-state index in [1.54, 1.807) is 36.4 Å². The van der Waals surface area contributed by atoms with E-state index in [4.69, 9.17) is 14.2 Å². The van der Waals surface area contributed by atoms with Gasteiger partial charge < -0.3 is 30.2 Å². The van der Waals surface area contributed by atoms with Gasteiger partial charge in [0, 0.05) is 23.0 Å². The van der Waals surface area contributed by atoms with Crippen LogP contribution in [0.4, 0.5) is 16.2 Å². The van der Waals surface area contributed by atoms with Crippen molar-refractivity contribution in [2.24, 2.45) is 0 Å². The molecule has 34 heavy (non-hydrogen) atoms. The number of nitrogens with one attached hydrogen (secondary N) is 3. The lowest BCUT2D eigenvalue weighted by molar-refractivity contribution is 0.102. The van der Waals surface area contributed by atoms with Gasteiger partial charge in [-0.3, -0.25) is 4.79 Å². The van der Waals surface area contributed by atoms with E-state index in [0.717, 1.165) is 18.4 Å². The van der Waals surface area contributed by atoms with Crippen LogP contribution >= 0.6 is 0 Å². The van der Waals surface area contributed by atoms with Gasteiger partial charge in [-0.2, -0.15) is 0 Å². The number of urea groups is 1. The van der Waals surface area contributed by atoms with Crippen LogP contribution in [0.2, 0.25) is 0 Å². The van der Waals surface area contributed by atoms with Crippen LogP contribution in [-0.4, -0.2) is 32.2 Å². The molecule has 0 saturated heterocycles. The topological polar surface area (TPSA) is 97.9 Å². The van der Waals surface area contributed by atoms with E-state index in [1.807, 2.05) is 30.3 Å². The molecule has 8 nitrogen and oxygen atoms in total. The Bertz CT molecular complexity index is 1120. The highest BCUT2D eigenvalue weighted by molar-refractivity contribution is 6.05. The third kappa shape index (κ3) is 5.98. The van der Waals surface area contributed by atoms with Crippen molar-refractivity contribution in [2.45, 2.75) is 25.5 Å². The Hall–Kier alpha value is -4.20. The number of ether oxygens (including phenoxy) is 3. The third-order valence-corrected chi connectivity index (χ3v) is 5.26. The highest BCUT2D eigenvalue weighted by Gasteiger charge is 2.23. The van der Waals surface area contributed by atoms with E-state index in [-0.39, 0.29) is 18.0 Å². The van der Waals surface area contributed by atoms with Crippen molar-refractivity contribution in [1.29, 1.82) is 0 Å². The average molecular weight is 462 g/mol. The van der Waals surface area contributed by atoms with Crippen molar-refractivity contribution < 1.29 is 23.8 Å². The van der Waals surface area contributed by atoms with E-state index in [2.05, 4.69) is 16.0 Å². The van der Waals surface area contributed by atoms with E-state index in [1.165, 1.54) is 14.2 Å². The van der Waals surface area contributed by atoms with E-state index in [0.29, 0.717) is 40.8 Å². The maximum Gasteiger partial charge on any atom is 0.319 e. The van der Waals surface area contributed by atoms with Crippen LogP contribution in [0.15, 0.2) is 66.7 Å². The first-order chi connectivity index (χ1) is 16.6. The molecule has 8 heteroatoms. The molecule has 0 atom stereocenters. The Morgan fingerprint density at radius 1 is 0.853 bits per heavy atom. The number of benzene rings is 3. The molecule has 0 radical (unpaired) electrons. The summed E-state index contributed by atoms with van der Waals surface area (Å²) in [5.41, 5.74) is 2.57. The Kier molecular flexibility index (Phi) is 7.17. The molecule has 0 heterocycles. The van der Waals surface area contributed by atoms with Crippen molar-refractivity contribution in [3.8, 4) is 17.2 Å². The molecule has 0 unspecified atom stereocenters. The van der Waals surface area contributed by atoms with Crippen molar-refractivity contribution in [3.05, 3.63) is 77.9 Å². The van der Waals surface area contributed by atoms with Crippen LogP contribution in [0.1, 0.15) is 28.8 Å². The minimum atomic E-state index is -0.335. The molecule has 1 aliphatic carbocycles. The summed E-state index contributed by atoms with van der Waals surface area (Å²) in [4.78, 5) is 24.7. The van der Waals surface area contributed by atoms with Gasteiger partial charge in [-0.15, -0.1) is 0 Å². The minimum Gasteiger partial charge on any atom is -0.493 e. The fraction of sp³-hybridized carbons (Fsp3) is 0.231. The average Bonchev–Trinajstić information content (AvgIpc) is 3.67. The van der Waals surface area contributed by atoms with Crippen molar-refractivity contribution in [3.63, 3.8) is 0 Å². The van der Waals surface area contributed by atoms with Crippen LogP contribution in [0.3, 0.4) is 0 Å². The summed E-state index contributed by atoms with van der Waals surface area (Å²) < 4.78 is 16.9. The van der Waals surface area contributed by atoms with Crippen LogP contribution in [-0.2, 0) is 6.61 Å². The molecule has 4 rings (SSSR count).